The third kappa shape index (κ3) is 7.41. The lowest BCUT2D eigenvalue weighted by atomic mass is 9.73. The zero-order chi connectivity index (χ0) is 18.8. The highest BCUT2D eigenvalue weighted by Gasteiger charge is 2.24. The molecule has 0 unspecified atom stereocenters. The highest BCUT2D eigenvalue weighted by Crippen LogP contribution is 2.37. The topological polar surface area (TPSA) is 86.5 Å². The fourth-order valence-corrected chi connectivity index (χ4v) is 4.31. The molecule has 146 valence electrons. The molecule has 6 nitrogen and oxygen atoms in total. The van der Waals surface area contributed by atoms with Gasteiger partial charge in [0, 0.05) is 12.1 Å². The maximum atomic E-state index is 10.3. The monoisotopic (exact) mass is 383 g/mol. The molecule has 1 aromatic rings. The molecule has 3 rings (SSSR count). The van der Waals surface area contributed by atoms with Gasteiger partial charge in [0.25, 0.3) is 16.7 Å². The Balaban J connectivity index is 0.000000189. The van der Waals surface area contributed by atoms with Gasteiger partial charge >= 0.3 is 0 Å². The first-order valence-electron chi connectivity index (χ1n) is 9.57. The molecule has 0 aromatic heterocycles. The van der Waals surface area contributed by atoms with Gasteiger partial charge in [0.15, 0.2) is 0 Å². The van der Waals surface area contributed by atoms with E-state index in [4.69, 9.17) is 0 Å². The van der Waals surface area contributed by atoms with Crippen molar-refractivity contribution in [2.45, 2.75) is 70.8 Å². The lowest BCUT2D eigenvalue weighted by Gasteiger charge is -2.32. The Labute approximate surface area is 157 Å². The number of rotatable bonds is 5. The lowest BCUT2D eigenvalue weighted by molar-refractivity contribution is -0.384. The predicted octanol–water partition coefficient (Wildman–Crippen LogP) is 4.78. The van der Waals surface area contributed by atoms with Gasteiger partial charge in [0.1, 0.15) is 0 Å². The maximum absolute atomic E-state index is 10.3. The molecule has 7 heteroatoms. The van der Waals surface area contributed by atoms with Crippen molar-refractivity contribution in [1.82, 2.24) is 0 Å². The van der Waals surface area contributed by atoms with E-state index >= 15 is 0 Å². The first-order valence-corrected chi connectivity index (χ1v) is 10.7. The van der Waals surface area contributed by atoms with Crippen LogP contribution in [0.15, 0.2) is 24.3 Å². The van der Waals surface area contributed by atoms with Crippen LogP contribution in [0.4, 0.5) is 5.69 Å². The molecule has 1 aromatic carbocycles. The van der Waals surface area contributed by atoms with Crippen LogP contribution in [0.25, 0.3) is 0 Å². The van der Waals surface area contributed by atoms with Crippen molar-refractivity contribution in [1.29, 1.82) is 0 Å². The number of hydrogen-bond donors (Lipinski definition) is 1. The van der Waals surface area contributed by atoms with Crippen molar-refractivity contribution < 1.29 is 17.5 Å². The minimum absolute atomic E-state index is 0.0414. The Morgan fingerprint density at radius 1 is 0.885 bits per heavy atom. The number of benzene rings is 1. The average molecular weight is 384 g/mol. The van der Waals surface area contributed by atoms with E-state index in [0.717, 1.165) is 11.8 Å². The Hall–Kier alpha value is -1.47. The van der Waals surface area contributed by atoms with Crippen LogP contribution in [0, 0.1) is 22.0 Å². The number of thiol groups is 1. The molecule has 0 aliphatic heterocycles. The van der Waals surface area contributed by atoms with Crippen LogP contribution in [0.2, 0.25) is 0 Å². The van der Waals surface area contributed by atoms with E-state index < -0.39 is 15.9 Å². The summed E-state index contributed by atoms with van der Waals surface area (Å²) in [6.45, 7) is -0.100. The Morgan fingerprint density at radius 2 is 1.35 bits per heavy atom. The van der Waals surface area contributed by atoms with Gasteiger partial charge < -0.3 is 0 Å². The van der Waals surface area contributed by atoms with Crippen molar-refractivity contribution >= 4 is 16.7 Å². The summed E-state index contributed by atoms with van der Waals surface area (Å²) in [7, 11) is -2.88. The van der Waals surface area contributed by atoms with Crippen LogP contribution in [0.5, 0.6) is 0 Å². The Morgan fingerprint density at radius 3 is 1.73 bits per heavy atom. The fraction of sp³-hybridized carbons (Fsp3) is 0.684. The second kappa shape index (κ2) is 11.3. The molecule has 0 N–H and O–H groups in total. The molecular weight excluding hydrogens is 354 g/mol. The minimum atomic E-state index is -2.88. The maximum Gasteiger partial charge on any atom is 0.269 e. The van der Waals surface area contributed by atoms with E-state index in [9.17, 15) is 18.5 Å². The zero-order valence-corrected chi connectivity index (χ0v) is 16.1. The van der Waals surface area contributed by atoms with Crippen LogP contribution in [-0.4, -0.2) is 13.3 Å². The summed E-state index contributed by atoms with van der Waals surface area (Å²) in [6.07, 6.45) is 15.4. The molecule has 2 fully saturated rings. The zero-order valence-electron chi connectivity index (χ0n) is 15.2. The van der Waals surface area contributed by atoms with Gasteiger partial charge in [-0.05, 0) is 29.5 Å². The fourth-order valence-electron chi connectivity index (χ4n) is 4.05. The molecule has 0 amide bonds. The Kier molecular flexibility index (Phi) is 9.05. The second-order valence-electron chi connectivity index (χ2n) is 7.22. The third-order valence-electron chi connectivity index (χ3n) is 5.45. The van der Waals surface area contributed by atoms with Gasteiger partial charge in [-0.15, -0.1) is 0 Å². The van der Waals surface area contributed by atoms with E-state index in [1.54, 1.807) is 25.7 Å². The first-order chi connectivity index (χ1) is 12.6. The normalized spacial score (nSPS) is 19.0. The number of nitro groups is 1. The molecule has 0 radical (unpaired) electrons. The molecule has 0 bridgehead atoms. The van der Waals surface area contributed by atoms with Gasteiger partial charge in [-0.25, -0.2) is 8.42 Å². The first kappa shape index (κ1) is 20.8. The number of nitrogens with zero attached hydrogens (tertiary/aromatic N) is 1. The largest absolute Gasteiger partial charge is 0.269 e. The van der Waals surface area contributed by atoms with Gasteiger partial charge in [0.2, 0.25) is 0 Å². The van der Waals surface area contributed by atoms with Crippen molar-refractivity contribution in [2.75, 3.05) is 0 Å². The second-order valence-corrected chi connectivity index (χ2v) is 7.92. The summed E-state index contributed by atoms with van der Waals surface area (Å²) in [5, 5.41) is 10.3. The summed E-state index contributed by atoms with van der Waals surface area (Å²) in [6, 6.07) is 5.46. The van der Waals surface area contributed by atoms with E-state index in [1.807, 2.05) is 0 Å². The molecule has 26 heavy (non-hydrogen) atoms. The molecule has 0 saturated heterocycles. The van der Waals surface area contributed by atoms with E-state index in [0.29, 0.717) is 5.56 Å². The molecule has 2 saturated carbocycles. The van der Waals surface area contributed by atoms with Gasteiger partial charge in [-0.2, -0.15) is 0 Å². The summed E-state index contributed by atoms with van der Waals surface area (Å²) >= 11 is 0. The predicted molar refractivity (Wildman–Crippen MR) is 101 cm³/mol. The molecule has 2 aliphatic rings. The smallest absolute Gasteiger partial charge is 0.267 e. The summed E-state index contributed by atoms with van der Waals surface area (Å²) in [5.74, 6) is 2.28. The van der Waals surface area contributed by atoms with Crippen LogP contribution in [0.3, 0.4) is 0 Å². The Bertz CT molecular complexity index is 593. The van der Waals surface area contributed by atoms with Gasteiger partial charge in [-0.1, -0.05) is 64.2 Å². The van der Waals surface area contributed by atoms with Crippen LogP contribution >= 0.6 is 0 Å². The summed E-state index contributed by atoms with van der Waals surface area (Å²) < 4.78 is 24.4. The van der Waals surface area contributed by atoms with Crippen molar-refractivity contribution in [3.05, 3.63) is 39.9 Å². The van der Waals surface area contributed by atoms with Crippen LogP contribution in [0.1, 0.15) is 69.8 Å². The number of non-ortho nitro benzene ring substituents is 1. The van der Waals surface area contributed by atoms with Crippen LogP contribution in [-0.2, 0) is 21.8 Å². The highest BCUT2D eigenvalue weighted by atomic mass is 32.2. The lowest BCUT2D eigenvalue weighted by Crippen LogP contribution is -2.20. The van der Waals surface area contributed by atoms with Crippen molar-refractivity contribution in [3.63, 3.8) is 0 Å². The average Bonchev–Trinajstić information content (AvgIpc) is 2.68. The molecule has 0 heterocycles. The van der Waals surface area contributed by atoms with Crippen molar-refractivity contribution in [3.8, 4) is 0 Å². The van der Waals surface area contributed by atoms with E-state index in [1.165, 1.54) is 62.8 Å². The summed E-state index contributed by atoms with van der Waals surface area (Å²) in [4.78, 5) is 9.73. The highest BCUT2D eigenvalue weighted by molar-refractivity contribution is 7.67. The number of hydrogen-bond acceptors (Lipinski definition) is 5. The quantitative estimate of drug-likeness (QED) is 0.449. The van der Waals surface area contributed by atoms with Crippen LogP contribution < -0.4 is 0 Å². The molecule has 0 spiro atoms. The van der Waals surface area contributed by atoms with Crippen molar-refractivity contribution in [2.24, 2.45) is 11.8 Å². The van der Waals surface area contributed by atoms with E-state index in [-0.39, 0.29) is 12.3 Å². The standard InChI is InChI=1S/C12H22.C7H7NO5S/c1-3-7-11(8-4-1)12-9-5-2-6-10-12;9-8(10)7-3-1-6(2-4-7)5-13-14(11)12/h11-12H,1-10H2;1-4,14H,5H2. The molecule has 0 atom stereocenters. The molecule has 2 aliphatic carbocycles. The van der Waals surface area contributed by atoms with Gasteiger partial charge in [0.05, 0.1) is 11.5 Å². The number of nitro benzene ring substituents is 1. The summed E-state index contributed by atoms with van der Waals surface area (Å²) in [5.41, 5.74) is 0.523. The van der Waals surface area contributed by atoms with Gasteiger partial charge in [-0.3, -0.25) is 14.3 Å². The third-order valence-corrected chi connectivity index (χ3v) is 5.79. The minimum Gasteiger partial charge on any atom is -0.267 e. The molecular formula is C19H29NO5S. The van der Waals surface area contributed by atoms with E-state index in [2.05, 4.69) is 4.18 Å². The SMILES string of the molecule is C1CCC(C2CCCCC2)CC1.O=[N+]([O-])c1ccc(CO[SH](=O)=O)cc1.